The topological polar surface area (TPSA) is 76.4 Å². The summed E-state index contributed by atoms with van der Waals surface area (Å²) in [6, 6.07) is 10.8. The second-order valence-electron chi connectivity index (χ2n) is 7.61. The van der Waals surface area contributed by atoms with E-state index in [-0.39, 0.29) is 28.5 Å². The van der Waals surface area contributed by atoms with Gasteiger partial charge in [-0.25, -0.2) is 8.42 Å². The average molecular weight is 465 g/mol. The maximum Gasteiger partial charge on any atom is 0.416 e. The molecule has 0 aliphatic heterocycles. The fourth-order valence-corrected chi connectivity index (χ4v) is 4.83. The Labute approximate surface area is 184 Å². The van der Waals surface area contributed by atoms with Crippen LogP contribution in [-0.4, -0.2) is 14.3 Å². The highest BCUT2D eigenvalue weighted by atomic mass is 32.2. The molecule has 5 nitrogen and oxygen atoms in total. The minimum Gasteiger partial charge on any atom is -0.455 e. The molecule has 0 saturated carbocycles. The van der Waals surface area contributed by atoms with Gasteiger partial charge in [-0.1, -0.05) is 18.2 Å². The summed E-state index contributed by atoms with van der Waals surface area (Å²) in [4.78, 5) is 12.5. The molecule has 0 fully saturated rings. The predicted molar refractivity (Wildman–Crippen MR) is 113 cm³/mol. The Morgan fingerprint density at radius 2 is 1.66 bits per heavy atom. The van der Waals surface area contributed by atoms with Crippen molar-refractivity contribution in [1.29, 1.82) is 0 Å². The number of furan rings is 1. The Kier molecular flexibility index (Phi) is 6.50. The molecule has 0 bridgehead atoms. The normalized spacial score (nSPS) is 12.1. The van der Waals surface area contributed by atoms with Gasteiger partial charge in [-0.2, -0.15) is 13.2 Å². The largest absolute Gasteiger partial charge is 0.455 e. The van der Waals surface area contributed by atoms with Crippen LogP contribution in [0.4, 0.5) is 13.2 Å². The number of hydrogen-bond donors (Lipinski definition) is 1. The third-order valence-corrected chi connectivity index (χ3v) is 6.83. The molecule has 0 radical (unpaired) electrons. The molecule has 0 unspecified atom stereocenters. The van der Waals surface area contributed by atoms with Crippen LogP contribution in [0.1, 0.15) is 44.1 Å². The monoisotopic (exact) mass is 465 g/mol. The first-order valence-corrected chi connectivity index (χ1v) is 11.4. The molecule has 1 aromatic heterocycles. The van der Waals surface area contributed by atoms with Gasteiger partial charge in [-0.3, -0.25) is 4.79 Å². The van der Waals surface area contributed by atoms with E-state index in [1.54, 1.807) is 19.1 Å². The van der Waals surface area contributed by atoms with Crippen molar-refractivity contribution >= 4 is 15.7 Å². The van der Waals surface area contributed by atoms with Crippen LogP contribution in [0.5, 0.6) is 0 Å². The molecule has 0 aliphatic rings. The van der Waals surface area contributed by atoms with Crippen LogP contribution >= 0.6 is 0 Å². The summed E-state index contributed by atoms with van der Waals surface area (Å²) >= 11 is 0. The fourth-order valence-electron chi connectivity index (χ4n) is 3.24. The smallest absolute Gasteiger partial charge is 0.416 e. The molecule has 9 heteroatoms. The lowest BCUT2D eigenvalue weighted by molar-refractivity contribution is -0.137. The van der Waals surface area contributed by atoms with Crippen molar-refractivity contribution in [2.75, 3.05) is 0 Å². The molecule has 0 atom stereocenters. The van der Waals surface area contributed by atoms with Gasteiger partial charge in [-0.05, 0) is 73.4 Å². The molecule has 1 heterocycles. The quantitative estimate of drug-likeness (QED) is 0.548. The van der Waals surface area contributed by atoms with E-state index in [9.17, 15) is 26.4 Å². The SMILES string of the molecule is Cc1cc(C)c(S(=O)(=O)Cc2ccc(C(=O)NCc3cccc(C(F)(F)F)c3)o2)cc1C. The zero-order valence-corrected chi connectivity index (χ0v) is 18.5. The van der Waals surface area contributed by atoms with Gasteiger partial charge in [-0.15, -0.1) is 0 Å². The Bertz CT molecular complexity index is 1260. The third-order valence-electron chi connectivity index (χ3n) is 5.05. The number of aryl methyl sites for hydroxylation is 3. The van der Waals surface area contributed by atoms with Crippen LogP contribution in [0.3, 0.4) is 0 Å². The molecule has 0 aliphatic carbocycles. The molecule has 0 spiro atoms. The number of benzene rings is 2. The summed E-state index contributed by atoms with van der Waals surface area (Å²) in [5.41, 5.74) is 1.92. The molecule has 1 N–H and O–H groups in total. The van der Waals surface area contributed by atoms with Crippen molar-refractivity contribution in [3.63, 3.8) is 0 Å². The summed E-state index contributed by atoms with van der Waals surface area (Å²) < 4.78 is 69.5. The average Bonchev–Trinajstić information content (AvgIpc) is 3.16. The maximum atomic E-state index is 12.8. The van der Waals surface area contributed by atoms with E-state index in [4.69, 9.17) is 4.42 Å². The van der Waals surface area contributed by atoms with Crippen LogP contribution in [0, 0.1) is 20.8 Å². The highest BCUT2D eigenvalue weighted by Gasteiger charge is 2.30. The van der Waals surface area contributed by atoms with Gasteiger partial charge < -0.3 is 9.73 Å². The van der Waals surface area contributed by atoms with Crippen molar-refractivity contribution in [2.24, 2.45) is 0 Å². The highest BCUT2D eigenvalue weighted by Crippen LogP contribution is 2.29. The Balaban J connectivity index is 1.69. The molecule has 2 aromatic carbocycles. The van der Waals surface area contributed by atoms with Crippen LogP contribution in [0.25, 0.3) is 0 Å². The highest BCUT2D eigenvalue weighted by molar-refractivity contribution is 7.90. The third kappa shape index (κ3) is 5.40. The Morgan fingerprint density at radius 1 is 0.969 bits per heavy atom. The van der Waals surface area contributed by atoms with Gasteiger partial charge in [0.25, 0.3) is 5.91 Å². The van der Waals surface area contributed by atoms with E-state index in [2.05, 4.69) is 5.32 Å². The van der Waals surface area contributed by atoms with Crippen molar-refractivity contribution in [2.45, 2.75) is 44.1 Å². The van der Waals surface area contributed by atoms with Gasteiger partial charge in [0, 0.05) is 6.54 Å². The number of carbonyl (C=O) groups is 1. The molecular weight excluding hydrogens is 443 g/mol. The van der Waals surface area contributed by atoms with Crippen molar-refractivity contribution < 1.29 is 30.8 Å². The Morgan fingerprint density at radius 3 is 2.34 bits per heavy atom. The number of sulfone groups is 1. The van der Waals surface area contributed by atoms with E-state index in [0.29, 0.717) is 5.56 Å². The van der Waals surface area contributed by atoms with Crippen molar-refractivity contribution in [3.8, 4) is 0 Å². The molecular formula is C23H22F3NO4S. The van der Waals surface area contributed by atoms with Crippen LogP contribution in [-0.2, 0) is 28.3 Å². The lowest BCUT2D eigenvalue weighted by Gasteiger charge is -2.10. The minimum atomic E-state index is -4.48. The van der Waals surface area contributed by atoms with Crippen LogP contribution in [0.2, 0.25) is 0 Å². The van der Waals surface area contributed by atoms with E-state index < -0.39 is 33.2 Å². The number of amides is 1. The first-order chi connectivity index (χ1) is 14.9. The first-order valence-electron chi connectivity index (χ1n) is 9.70. The summed E-state index contributed by atoms with van der Waals surface area (Å²) in [6.45, 7) is 5.30. The molecule has 3 aromatic rings. The molecule has 32 heavy (non-hydrogen) atoms. The van der Waals surface area contributed by atoms with Gasteiger partial charge >= 0.3 is 6.18 Å². The number of alkyl halides is 3. The summed E-state index contributed by atoms with van der Waals surface area (Å²) in [7, 11) is -3.70. The lowest BCUT2D eigenvalue weighted by atomic mass is 10.1. The lowest BCUT2D eigenvalue weighted by Crippen LogP contribution is -2.22. The van der Waals surface area contributed by atoms with Crippen LogP contribution < -0.4 is 5.32 Å². The number of hydrogen-bond acceptors (Lipinski definition) is 4. The molecule has 1 amide bonds. The number of nitrogens with one attached hydrogen (secondary N) is 1. The van der Waals surface area contributed by atoms with Gasteiger partial charge in [0.1, 0.15) is 11.5 Å². The molecule has 0 saturated heterocycles. The van der Waals surface area contributed by atoms with Gasteiger partial charge in [0.15, 0.2) is 15.6 Å². The molecule has 3 rings (SSSR count). The van der Waals surface area contributed by atoms with E-state index in [1.807, 2.05) is 13.8 Å². The number of rotatable bonds is 6. The summed E-state index contributed by atoms with van der Waals surface area (Å²) in [5, 5.41) is 2.48. The minimum absolute atomic E-state index is 0.0897. The predicted octanol–water partition coefficient (Wildman–Crippen LogP) is 5.13. The van der Waals surface area contributed by atoms with Crippen LogP contribution in [0.15, 0.2) is 57.8 Å². The first kappa shape index (κ1) is 23.6. The second-order valence-corrected chi connectivity index (χ2v) is 9.57. The van der Waals surface area contributed by atoms with Crippen molar-refractivity contribution in [3.05, 3.63) is 87.9 Å². The van der Waals surface area contributed by atoms with E-state index in [1.165, 1.54) is 24.3 Å². The van der Waals surface area contributed by atoms with Crippen molar-refractivity contribution in [1.82, 2.24) is 5.32 Å². The maximum absolute atomic E-state index is 12.8. The molecule has 170 valence electrons. The van der Waals surface area contributed by atoms with Gasteiger partial charge in [0.2, 0.25) is 0 Å². The summed E-state index contributed by atoms with van der Waals surface area (Å²) in [6.07, 6.45) is -4.48. The number of halogens is 3. The fraction of sp³-hybridized carbons (Fsp3) is 0.261. The Hall–Kier alpha value is -3.07. The van der Waals surface area contributed by atoms with E-state index in [0.717, 1.165) is 23.3 Å². The zero-order valence-electron chi connectivity index (χ0n) is 17.7. The summed E-state index contributed by atoms with van der Waals surface area (Å²) in [5.74, 6) is -1.11. The number of carbonyl (C=O) groups excluding carboxylic acids is 1. The standard InChI is InChI=1S/C23H22F3NO4S/c1-14-9-16(3)21(10-15(14)2)32(29,30)13-19-7-8-20(31-19)22(28)27-12-17-5-4-6-18(11-17)23(24,25)26/h4-11H,12-13H2,1-3H3,(H,27,28). The zero-order chi connectivity index (χ0) is 23.7. The van der Waals surface area contributed by atoms with E-state index >= 15 is 0 Å². The second kappa shape index (κ2) is 8.82. The van der Waals surface area contributed by atoms with Gasteiger partial charge in [0.05, 0.1) is 10.5 Å².